The van der Waals surface area contributed by atoms with Gasteiger partial charge in [0.15, 0.2) is 0 Å². The smallest absolute Gasteiger partial charge is 0.339 e. The van der Waals surface area contributed by atoms with Crippen molar-refractivity contribution in [2.75, 3.05) is 6.61 Å². The third-order valence-corrected chi connectivity index (χ3v) is 2.32. The molecule has 0 fully saturated rings. The standard InChI is InChI=1S/C13H14O3/c1-3-6-15-12-8-13(14)16-11-5-4-9(2)7-10(11)12/h4-5,7-8H,3,6H2,1-2H3. The SMILES string of the molecule is CCCOc1cc(=O)oc2ccc(C)cc12. The molecular formula is C13H14O3. The summed E-state index contributed by atoms with van der Waals surface area (Å²) in [6, 6.07) is 7.07. The normalized spacial score (nSPS) is 10.6. The predicted octanol–water partition coefficient (Wildman–Crippen LogP) is 2.89. The second kappa shape index (κ2) is 4.39. The summed E-state index contributed by atoms with van der Waals surface area (Å²) in [7, 11) is 0. The first-order chi connectivity index (χ1) is 7.70. The van der Waals surface area contributed by atoms with Gasteiger partial charge < -0.3 is 9.15 Å². The minimum Gasteiger partial charge on any atom is -0.493 e. The quantitative estimate of drug-likeness (QED) is 0.743. The topological polar surface area (TPSA) is 39.4 Å². The molecule has 0 aliphatic heterocycles. The summed E-state index contributed by atoms with van der Waals surface area (Å²) < 4.78 is 10.6. The van der Waals surface area contributed by atoms with Crippen LogP contribution in [0.4, 0.5) is 0 Å². The fraction of sp³-hybridized carbons (Fsp3) is 0.308. The molecule has 0 radical (unpaired) electrons. The molecule has 3 heteroatoms. The van der Waals surface area contributed by atoms with E-state index in [-0.39, 0.29) is 5.63 Å². The van der Waals surface area contributed by atoms with E-state index >= 15 is 0 Å². The van der Waals surface area contributed by atoms with Gasteiger partial charge in [-0.05, 0) is 25.5 Å². The highest BCUT2D eigenvalue weighted by Crippen LogP contribution is 2.24. The van der Waals surface area contributed by atoms with Crippen molar-refractivity contribution in [1.29, 1.82) is 0 Å². The summed E-state index contributed by atoms with van der Waals surface area (Å²) in [5.41, 5.74) is 1.31. The number of hydrogen-bond donors (Lipinski definition) is 0. The van der Waals surface area contributed by atoms with Gasteiger partial charge in [0.1, 0.15) is 11.3 Å². The Bertz CT molecular complexity index is 555. The van der Waals surface area contributed by atoms with Gasteiger partial charge in [0.2, 0.25) is 0 Å². The van der Waals surface area contributed by atoms with Crippen LogP contribution in [0.2, 0.25) is 0 Å². The lowest BCUT2D eigenvalue weighted by Gasteiger charge is -2.07. The third kappa shape index (κ3) is 2.08. The van der Waals surface area contributed by atoms with Crippen LogP contribution in [0.3, 0.4) is 0 Å². The Morgan fingerprint density at radius 2 is 2.12 bits per heavy atom. The molecule has 1 aromatic carbocycles. The van der Waals surface area contributed by atoms with Gasteiger partial charge >= 0.3 is 5.63 Å². The molecule has 1 heterocycles. The lowest BCUT2D eigenvalue weighted by atomic mass is 10.1. The first-order valence-corrected chi connectivity index (χ1v) is 5.38. The third-order valence-electron chi connectivity index (χ3n) is 2.32. The Labute approximate surface area is 93.7 Å². The van der Waals surface area contributed by atoms with Crippen LogP contribution in [-0.4, -0.2) is 6.61 Å². The van der Waals surface area contributed by atoms with Crippen LogP contribution in [-0.2, 0) is 0 Å². The fourth-order valence-electron chi connectivity index (χ4n) is 1.58. The van der Waals surface area contributed by atoms with E-state index in [0.717, 1.165) is 17.4 Å². The summed E-state index contributed by atoms with van der Waals surface area (Å²) in [6.07, 6.45) is 0.910. The number of rotatable bonds is 3. The molecule has 3 nitrogen and oxygen atoms in total. The Morgan fingerprint density at radius 1 is 1.31 bits per heavy atom. The van der Waals surface area contributed by atoms with Gasteiger partial charge in [-0.3, -0.25) is 0 Å². The van der Waals surface area contributed by atoms with Gasteiger partial charge in [-0.15, -0.1) is 0 Å². The first-order valence-electron chi connectivity index (χ1n) is 5.38. The van der Waals surface area contributed by atoms with Crippen LogP contribution in [0.1, 0.15) is 18.9 Å². The second-order valence-corrected chi connectivity index (χ2v) is 3.78. The van der Waals surface area contributed by atoms with Crippen molar-refractivity contribution < 1.29 is 9.15 Å². The number of aryl methyl sites for hydroxylation is 1. The molecule has 0 saturated heterocycles. The van der Waals surface area contributed by atoms with E-state index in [4.69, 9.17) is 9.15 Å². The Hall–Kier alpha value is -1.77. The Kier molecular flexibility index (Phi) is 2.95. The fourth-order valence-corrected chi connectivity index (χ4v) is 1.58. The van der Waals surface area contributed by atoms with Gasteiger partial charge in [0.25, 0.3) is 0 Å². The van der Waals surface area contributed by atoms with Crippen LogP contribution >= 0.6 is 0 Å². The number of ether oxygens (including phenoxy) is 1. The average Bonchev–Trinajstić information content (AvgIpc) is 2.26. The number of hydrogen-bond acceptors (Lipinski definition) is 3. The highest BCUT2D eigenvalue weighted by molar-refractivity contribution is 5.83. The summed E-state index contributed by atoms with van der Waals surface area (Å²) in [5.74, 6) is 0.608. The molecule has 0 atom stereocenters. The maximum Gasteiger partial charge on any atom is 0.339 e. The Morgan fingerprint density at radius 3 is 2.88 bits per heavy atom. The van der Waals surface area contributed by atoms with Crippen LogP contribution in [0.25, 0.3) is 11.0 Å². The maximum absolute atomic E-state index is 11.3. The second-order valence-electron chi connectivity index (χ2n) is 3.78. The predicted molar refractivity (Wildman–Crippen MR) is 63.0 cm³/mol. The lowest BCUT2D eigenvalue weighted by molar-refractivity contribution is 0.318. The molecule has 16 heavy (non-hydrogen) atoms. The van der Waals surface area contributed by atoms with E-state index in [0.29, 0.717) is 17.9 Å². The highest BCUT2D eigenvalue weighted by Gasteiger charge is 2.06. The van der Waals surface area contributed by atoms with Crippen molar-refractivity contribution in [3.63, 3.8) is 0 Å². The van der Waals surface area contributed by atoms with E-state index in [9.17, 15) is 4.79 Å². The molecule has 0 N–H and O–H groups in total. The highest BCUT2D eigenvalue weighted by atomic mass is 16.5. The number of benzene rings is 1. The zero-order chi connectivity index (χ0) is 11.5. The molecule has 0 bridgehead atoms. The molecule has 0 aliphatic carbocycles. The van der Waals surface area contributed by atoms with Crippen molar-refractivity contribution in [2.24, 2.45) is 0 Å². The molecule has 0 unspecified atom stereocenters. The maximum atomic E-state index is 11.3. The Balaban J connectivity index is 2.60. The van der Waals surface area contributed by atoms with Crippen molar-refractivity contribution in [3.8, 4) is 5.75 Å². The summed E-state index contributed by atoms with van der Waals surface area (Å²) >= 11 is 0. The number of fused-ring (bicyclic) bond motifs is 1. The van der Waals surface area contributed by atoms with Crippen molar-refractivity contribution in [3.05, 3.63) is 40.2 Å². The average molecular weight is 218 g/mol. The molecule has 0 amide bonds. The summed E-state index contributed by atoms with van der Waals surface area (Å²) in [5, 5.41) is 0.855. The van der Waals surface area contributed by atoms with Gasteiger partial charge in [-0.25, -0.2) is 4.79 Å². The summed E-state index contributed by atoms with van der Waals surface area (Å²) in [4.78, 5) is 11.3. The monoisotopic (exact) mass is 218 g/mol. The summed E-state index contributed by atoms with van der Waals surface area (Å²) in [6.45, 7) is 4.62. The molecule has 2 aromatic rings. The first kappa shape index (κ1) is 10.7. The molecule has 0 saturated carbocycles. The van der Waals surface area contributed by atoms with Gasteiger partial charge in [0, 0.05) is 0 Å². The van der Waals surface area contributed by atoms with Crippen LogP contribution in [0.5, 0.6) is 5.75 Å². The van der Waals surface area contributed by atoms with Crippen molar-refractivity contribution in [2.45, 2.75) is 20.3 Å². The molecule has 84 valence electrons. The molecule has 1 aromatic heterocycles. The van der Waals surface area contributed by atoms with Crippen molar-refractivity contribution in [1.82, 2.24) is 0 Å². The lowest BCUT2D eigenvalue weighted by Crippen LogP contribution is -2.02. The minimum absolute atomic E-state index is 0.373. The molecule has 0 aliphatic rings. The van der Waals surface area contributed by atoms with E-state index in [2.05, 4.69) is 0 Å². The van der Waals surface area contributed by atoms with Crippen molar-refractivity contribution >= 4 is 11.0 Å². The van der Waals surface area contributed by atoms with Crippen LogP contribution in [0, 0.1) is 6.92 Å². The van der Waals surface area contributed by atoms with Gasteiger partial charge in [0.05, 0.1) is 18.1 Å². The largest absolute Gasteiger partial charge is 0.493 e. The van der Waals surface area contributed by atoms with Gasteiger partial charge in [-0.1, -0.05) is 18.6 Å². The van der Waals surface area contributed by atoms with E-state index in [1.54, 1.807) is 6.07 Å². The zero-order valence-electron chi connectivity index (χ0n) is 9.45. The van der Waals surface area contributed by atoms with Crippen LogP contribution < -0.4 is 10.4 Å². The van der Waals surface area contributed by atoms with Crippen LogP contribution in [0.15, 0.2) is 33.5 Å². The van der Waals surface area contributed by atoms with Gasteiger partial charge in [-0.2, -0.15) is 0 Å². The van der Waals surface area contributed by atoms with E-state index in [1.165, 1.54) is 6.07 Å². The minimum atomic E-state index is -0.373. The molecular weight excluding hydrogens is 204 g/mol. The molecule has 0 spiro atoms. The van der Waals surface area contributed by atoms with E-state index < -0.39 is 0 Å². The molecule has 2 rings (SSSR count). The zero-order valence-corrected chi connectivity index (χ0v) is 9.45. The van der Waals surface area contributed by atoms with E-state index in [1.807, 2.05) is 26.0 Å².